The number of aliphatic carboxylic acids is 1. The van der Waals surface area contributed by atoms with Gasteiger partial charge in [0, 0.05) is 5.56 Å². The van der Waals surface area contributed by atoms with Crippen LogP contribution in [0.4, 0.5) is 0 Å². The number of fused-ring (bicyclic) bond motifs is 1. The van der Waals surface area contributed by atoms with E-state index in [1.165, 1.54) is 0 Å². The lowest BCUT2D eigenvalue weighted by Gasteiger charge is -2.34. The zero-order chi connectivity index (χ0) is 17.9. The van der Waals surface area contributed by atoms with Gasteiger partial charge in [0.1, 0.15) is 18.1 Å². The third kappa shape index (κ3) is 3.88. The third-order valence-electron chi connectivity index (χ3n) is 4.41. The number of ether oxygens (including phenoxy) is 2. The molecule has 6 nitrogen and oxygen atoms in total. The molecule has 1 unspecified atom stereocenters. The van der Waals surface area contributed by atoms with Gasteiger partial charge < -0.3 is 19.9 Å². The minimum Gasteiger partial charge on any atom is -0.497 e. The number of methoxy groups -OCH3 is 1. The van der Waals surface area contributed by atoms with Crippen LogP contribution in [0.5, 0.6) is 11.5 Å². The highest BCUT2D eigenvalue weighted by Crippen LogP contribution is 2.30. The number of amides is 1. The Morgan fingerprint density at radius 2 is 2.12 bits per heavy atom. The molecule has 0 aromatic heterocycles. The van der Waals surface area contributed by atoms with Gasteiger partial charge in [-0.3, -0.25) is 9.59 Å². The first-order chi connectivity index (χ1) is 11.2. The van der Waals surface area contributed by atoms with E-state index in [-0.39, 0.29) is 24.9 Å². The molecule has 0 saturated heterocycles. The molecule has 0 fully saturated rings. The number of carbonyl (C=O) groups is 2. The van der Waals surface area contributed by atoms with Gasteiger partial charge in [-0.05, 0) is 37.1 Å². The van der Waals surface area contributed by atoms with Gasteiger partial charge in [0.2, 0.25) is 0 Å². The fraction of sp³-hybridized carbons (Fsp3) is 0.444. The standard InChI is InChI=1S/C18H23NO5/c1-11(2)18(3,9-16(20)21)19-17(22)13-7-12-8-14(23-4)5-6-15(12)24-10-13/h5-8,11H,9-10H2,1-4H3,(H,19,22)(H,20,21). The molecule has 1 aliphatic heterocycles. The van der Waals surface area contributed by atoms with E-state index in [0.717, 1.165) is 5.56 Å². The number of rotatable bonds is 6. The summed E-state index contributed by atoms with van der Waals surface area (Å²) in [6.45, 7) is 5.65. The van der Waals surface area contributed by atoms with Crippen molar-refractivity contribution in [1.82, 2.24) is 5.32 Å². The van der Waals surface area contributed by atoms with E-state index in [4.69, 9.17) is 14.6 Å². The van der Waals surface area contributed by atoms with E-state index in [1.807, 2.05) is 13.8 Å². The first-order valence-electron chi connectivity index (χ1n) is 7.81. The van der Waals surface area contributed by atoms with Crippen molar-refractivity contribution < 1.29 is 24.2 Å². The molecule has 2 N–H and O–H groups in total. The summed E-state index contributed by atoms with van der Waals surface area (Å²) >= 11 is 0. The van der Waals surface area contributed by atoms with E-state index < -0.39 is 11.5 Å². The van der Waals surface area contributed by atoms with Gasteiger partial charge in [-0.15, -0.1) is 0 Å². The highest BCUT2D eigenvalue weighted by molar-refractivity contribution is 5.99. The smallest absolute Gasteiger partial charge is 0.305 e. The summed E-state index contributed by atoms with van der Waals surface area (Å²) in [7, 11) is 1.57. The molecular weight excluding hydrogens is 310 g/mol. The molecule has 0 aliphatic carbocycles. The highest BCUT2D eigenvalue weighted by atomic mass is 16.5. The summed E-state index contributed by atoms with van der Waals surface area (Å²) in [6, 6.07) is 5.38. The van der Waals surface area contributed by atoms with Crippen LogP contribution in [0.2, 0.25) is 0 Å². The molecule has 1 aromatic carbocycles. The Bertz CT molecular complexity index is 680. The average molecular weight is 333 g/mol. The van der Waals surface area contributed by atoms with Crippen molar-refractivity contribution in [1.29, 1.82) is 0 Å². The van der Waals surface area contributed by atoms with Crippen LogP contribution in [0.1, 0.15) is 32.8 Å². The van der Waals surface area contributed by atoms with Gasteiger partial charge in [-0.1, -0.05) is 13.8 Å². The van der Waals surface area contributed by atoms with Gasteiger partial charge in [-0.25, -0.2) is 0 Å². The molecule has 130 valence electrons. The zero-order valence-electron chi connectivity index (χ0n) is 14.4. The molecule has 1 aliphatic rings. The predicted octanol–water partition coefficient (Wildman–Crippen LogP) is 2.48. The fourth-order valence-corrected chi connectivity index (χ4v) is 2.46. The van der Waals surface area contributed by atoms with Crippen LogP contribution in [-0.4, -0.2) is 36.2 Å². The van der Waals surface area contributed by atoms with Gasteiger partial charge >= 0.3 is 5.97 Å². The van der Waals surface area contributed by atoms with Crippen molar-refractivity contribution in [3.63, 3.8) is 0 Å². The summed E-state index contributed by atoms with van der Waals surface area (Å²) < 4.78 is 10.8. The largest absolute Gasteiger partial charge is 0.497 e. The second-order valence-corrected chi connectivity index (χ2v) is 6.46. The molecule has 0 radical (unpaired) electrons. The van der Waals surface area contributed by atoms with Crippen molar-refractivity contribution in [2.75, 3.05) is 13.7 Å². The first-order valence-corrected chi connectivity index (χ1v) is 7.81. The van der Waals surface area contributed by atoms with Crippen LogP contribution in [0.25, 0.3) is 6.08 Å². The number of carboxylic acids is 1. The maximum atomic E-state index is 12.6. The number of hydrogen-bond donors (Lipinski definition) is 2. The molecule has 2 rings (SSSR count). The van der Waals surface area contributed by atoms with E-state index in [9.17, 15) is 9.59 Å². The lowest BCUT2D eigenvalue weighted by Crippen LogP contribution is -2.52. The quantitative estimate of drug-likeness (QED) is 0.835. The molecule has 1 heterocycles. The summed E-state index contributed by atoms with van der Waals surface area (Å²) in [5, 5.41) is 12.0. The summed E-state index contributed by atoms with van der Waals surface area (Å²) in [5.74, 6) is 0.0593. The minimum atomic E-state index is -0.949. The lowest BCUT2D eigenvalue weighted by molar-refractivity contribution is -0.139. The molecule has 0 bridgehead atoms. The minimum absolute atomic E-state index is 0.0324. The normalized spacial score (nSPS) is 15.6. The van der Waals surface area contributed by atoms with Crippen LogP contribution in [-0.2, 0) is 9.59 Å². The molecule has 1 aromatic rings. The second kappa shape index (κ2) is 6.95. The van der Waals surface area contributed by atoms with Crippen LogP contribution in [0, 0.1) is 5.92 Å². The first kappa shape index (κ1) is 17.8. The van der Waals surface area contributed by atoms with Crippen LogP contribution in [0.3, 0.4) is 0 Å². The monoisotopic (exact) mass is 333 g/mol. The number of benzene rings is 1. The Morgan fingerprint density at radius 1 is 1.42 bits per heavy atom. The maximum absolute atomic E-state index is 12.6. The van der Waals surface area contributed by atoms with E-state index in [2.05, 4.69) is 5.32 Å². The van der Waals surface area contributed by atoms with E-state index in [1.54, 1.807) is 38.3 Å². The predicted molar refractivity (Wildman–Crippen MR) is 90.1 cm³/mol. The maximum Gasteiger partial charge on any atom is 0.305 e. The molecule has 24 heavy (non-hydrogen) atoms. The van der Waals surface area contributed by atoms with Gasteiger partial charge in [-0.2, -0.15) is 0 Å². The molecule has 1 amide bonds. The van der Waals surface area contributed by atoms with E-state index in [0.29, 0.717) is 17.1 Å². The lowest BCUT2D eigenvalue weighted by atomic mass is 9.85. The van der Waals surface area contributed by atoms with Crippen molar-refractivity contribution in [2.45, 2.75) is 32.7 Å². The molecule has 6 heteroatoms. The van der Waals surface area contributed by atoms with Crippen LogP contribution in [0.15, 0.2) is 23.8 Å². The second-order valence-electron chi connectivity index (χ2n) is 6.46. The summed E-state index contributed by atoms with van der Waals surface area (Å²) in [4.78, 5) is 23.7. The Balaban J connectivity index is 2.23. The number of nitrogens with one attached hydrogen (secondary N) is 1. The molecule has 0 saturated carbocycles. The van der Waals surface area contributed by atoms with Crippen LogP contribution < -0.4 is 14.8 Å². The Hall–Kier alpha value is -2.50. The average Bonchev–Trinajstić information content (AvgIpc) is 2.52. The van der Waals surface area contributed by atoms with Gasteiger partial charge in [0.25, 0.3) is 5.91 Å². The number of hydrogen-bond acceptors (Lipinski definition) is 4. The molecule has 0 spiro atoms. The Kier molecular flexibility index (Phi) is 5.17. The SMILES string of the molecule is COc1ccc2c(c1)C=C(C(=O)NC(C)(CC(=O)O)C(C)C)CO2. The zero-order valence-corrected chi connectivity index (χ0v) is 14.4. The van der Waals surface area contributed by atoms with Crippen LogP contribution >= 0.6 is 0 Å². The van der Waals surface area contributed by atoms with Crippen molar-refractivity contribution in [3.05, 3.63) is 29.3 Å². The van der Waals surface area contributed by atoms with Gasteiger partial charge in [0.05, 0.1) is 24.6 Å². The highest BCUT2D eigenvalue weighted by Gasteiger charge is 2.34. The topological polar surface area (TPSA) is 84.9 Å². The molecular formula is C18H23NO5. The molecule has 1 atom stereocenters. The summed E-state index contributed by atoms with van der Waals surface area (Å²) in [6.07, 6.45) is 1.60. The Morgan fingerprint density at radius 3 is 2.71 bits per heavy atom. The Labute approximate surface area is 141 Å². The van der Waals surface area contributed by atoms with Gasteiger partial charge in [0.15, 0.2) is 0 Å². The summed E-state index contributed by atoms with van der Waals surface area (Å²) in [5.41, 5.74) is 0.376. The van der Waals surface area contributed by atoms with Crippen molar-refractivity contribution in [2.24, 2.45) is 5.92 Å². The number of carbonyl (C=O) groups excluding carboxylic acids is 1. The van der Waals surface area contributed by atoms with E-state index >= 15 is 0 Å². The van der Waals surface area contributed by atoms with Crippen molar-refractivity contribution in [3.8, 4) is 11.5 Å². The third-order valence-corrected chi connectivity index (χ3v) is 4.41. The number of carboxylic acid groups (broad SMARTS) is 1. The van der Waals surface area contributed by atoms with Crippen molar-refractivity contribution >= 4 is 18.0 Å². The fourth-order valence-electron chi connectivity index (χ4n) is 2.46.